The first-order chi connectivity index (χ1) is 9.84. The number of benzene rings is 1. The van der Waals surface area contributed by atoms with Crippen LogP contribution in [0.25, 0.3) is 0 Å². The Morgan fingerprint density at radius 3 is 2.52 bits per heavy atom. The van der Waals surface area contributed by atoms with E-state index >= 15 is 0 Å². The third-order valence-electron chi connectivity index (χ3n) is 3.33. The van der Waals surface area contributed by atoms with Crippen LogP contribution in [-0.2, 0) is 4.79 Å². The molecule has 0 saturated carbocycles. The van der Waals surface area contributed by atoms with Crippen LogP contribution < -0.4 is 10.6 Å². The molecular weight excluding hydrogens is 264 g/mol. The number of rotatable bonds is 7. The summed E-state index contributed by atoms with van der Waals surface area (Å²) in [5, 5.41) is 15.1. The highest BCUT2D eigenvalue weighted by atomic mass is 16.2. The van der Waals surface area contributed by atoms with Crippen molar-refractivity contribution in [2.75, 3.05) is 23.8 Å². The maximum atomic E-state index is 12.0. The number of aryl methyl sites for hydroxylation is 1. The van der Waals surface area contributed by atoms with E-state index in [1.54, 1.807) is 0 Å². The molecule has 0 saturated heterocycles. The van der Waals surface area contributed by atoms with Gasteiger partial charge in [0.25, 0.3) is 0 Å². The summed E-state index contributed by atoms with van der Waals surface area (Å²) in [6.45, 7) is 8.88. The zero-order chi connectivity index (χ0) is 15.9. The van der Waals surface area contributed by atoms with Gasteiger partial charge in [0.05, 0.1) is 0 Å². The minimum Gasteiger partial charge on any atom is -0.396 e. The average Bonchev–Trinajstić information content (AvgIpc) is 2.40. The van der Waals surface area contributed by atoms with Gasteiger partial charge in [-0.15, -0.1) is 0 Å². The number of carbonyl (C=O) groups excluding carboxylic acids is 1. The maximum Gasteiger partial charge on any atom is 0.229 e. The number of nitrogens with one attached hydrogen (secondary N) is 2. The first kappa shape index (κ1) is 17.5. The number of unbranched alkanes of at least 4 members (excludes halogenated alkanes) is 2. The van der Waals surface area contributed by atoms with Crippen LogP contribution in [0.3, 0.4) is 0 Å². The number of hydrogen-bond acceptors (Lipinski definition) is 3. The topological polar surface area (TPSA) is 61.4 Å². The molecule has 0 heterocycles. The zero-order valence-corrected chi connectivity index (χ0v) is 13.6. The molecule has 0 bridgehead atoms. The van der Waals surface area contributed by atoms with E-state index in [4.69, 9.17) is 5.11 Å². The van der Waals surface area contributed by atoms with E-state index in [0.29, 0.717) is 0 Å². The van der Waals surface area contributed by atoms with Crippen LogP contribution in [0.1, 0.15) is 45.6 Å². The highest BCUT2D eigenvalue weighted by Crippen LogP contribution is 2.23. The van der Waals surface area contributed by atoms with Crippen molar-refractivity contribution in [3.63, 3.8) is 0 Å². The standard InChI is InChI=1S/C17H28N2O2/c1-13-8-9-14(19-16(21)17(2,3)4)12-15(13)18-10-6-5-7-11-20/h8-9,12,18,20H,5-7,10-11H2,1-4H3,(H,19,21). The summed E-state index contributed by atoms with van der Waals surface area (Å²) in [5.41, 5.74) is 2.62. The first-order valence-corrected chi connectivity index (χ1v) is 7.61. The highest BCUT2D eigenvalue weighted by Gasteiger charge is 2.21. The van der Waals surface area contributed by atoms with Gasteiger partial charge in [0, 0.05) is 29.9 Å². The van der Waals surface area contributed by atoms with Crippen LogP contribution in [0.5, 0.6) is 0 Å². The molecule has 0 unspecified atom stereocenters. The van der Waals surface area contributed by atoms with Gasteiger partial charge in [-0.25, -0.2) is 0 Å². The summed E-state index contributed by atoms with van der Waals surface area (Å²) in [4.78, 5) is 12.0. The fourth-order valence-corrected chi connectivity index (χ4v) is 1.85. The molecule has 4 heteroatoms. The SMILES string of the molecule is Cc1ccc(NC(=O)C(C)(C)C)cc1NCCCCCO. The smallest absolute Gasteiger partial charge is 0.229 e. The van der Waals surface area contributed by atoms with Gasteiger partial charge in [-0.2, -0.15) is 0 Å². The van der Waals surface area contributed by atoms with Crippen molar-refractivity contribution in [1.29, 1.82) is 0 Å². The second-order valence-electron chi connectivity index (χ2n) is 6.44. The molecule has 0 fully saturated rings. The van der Waals surface area contributed by atoms with E-state index < -0.39 is 5.41 Å². The Balaban J connectivity index is 2.61. The van der Waals surface area contributed by atoms with Crippen molar-refractivity contribution in [1.82, 2.24) is 0 Å². The third kappa shape index (κ3) is 6.17. The van der Waals surface area contributed by atoms with E-state index in [-0.39, 0.29) is 12.5 Å². The van der Waals surface area contributed by atoms with Gasteiger partial charge in [-0.1, -0.05) is 26.8 Å². The number of carbonyl (C=O) groups is 1. The Kier molecular flexibility index (Phi) is 6.69. The van der Waals surface area contributed by atoms with Crippen LogP contribution in [0.15, 0.2) is 18.2 Å². The number of hydrogen-bond donors (Lipinski definition) is 3. The molecule has 1 aromatic carbocycles. The van der Waals surface area contributed by atoms with Crippen molar-refractivity contribution in [3.05, 3.63) is 23.8 Å². The molecule has 21 heavy (non-hydrogen) atoms. The fraction of sp³-hybridized carbons (Fsp3) is 0.588. The summed E-state index contributed by atoms with van der Waals surface area (Å²) in [5.74, 6) is 0.0141. The molecular formula is C17H28N2O2. The Labute approximate surface area is 128 Å². The van der Waals surface area contributed by atoms with Crippen molar-refractivity contribution in [2.45, 2.75) is 47.0 Å². The van der Waals surface area contributed by atoms with E-state index in [1.807, 2.05) is 45.9 Å². The largest absolute Gasteiger partial charge is 0.396 e. The number of anilines is 2. The Morgan fingerprint density at radius 2 is 1.90 bits per heavy atom. The van der Waals surface area contributed by atoms with Gasteiger partial charge in [0.1, 0.15) is 0 Å². The molecule has 1 aromatic rings. The van der Waals surface area contributed by atoms with Gasteiger partial charge in [0.2, 0.25) is 5.91 Å². The minimum absolute atomic E-state index is 0.0141. The van der Waals surface area contributed by atoms with Gasteiger partial charge in [-0.3, -0.25) is 4.79 Å². The quantitative estimate of drug-likeness (QED) is 0.673. The van der Waals surface area contributed by atoms with Crippen LogP contribution in [0.4, 0.5) is 11.4 Å². The van der Waals surface area contributed by atoms with Gasteiger partial charge < -0.3 is 15.7 Å². The summed E-state index contributed by atoms with van der Waals surface area (Å²) in [7, 11) is 0. The summed E-state index contributed by atoms with van der Waals surface area (Å²) < 4.78 is 0. The van der Waals surface area contributed by atoms with Gasteiger partial charge in [0.15, 0.2) is 0 Å². The third-order valence-corrected chi connectivity index (χ3v) is 3.33. The Bertz CT molecular complexity index is 464. The second kappa shape index (κ2) is 8.03. The zero-order valence-electron chi connectivity index (χ0n) is 13.6. The molecule has 1 rings (SSSR count). The molecule has 0 aliphatic rings. The lowest BCUT2D eigenvalue weighted by Crippen LogP contribution is -2.27. The van der Waals surface area contributed by atoms with Crippen LogP contribution in [-0.4, -0.2) is 24.2 Å². The molecule has 0 aliphatic carbocycles. The lowest BCUT2D eigenvalue weighted by Gasteiger charge is -2.18. The molecule has 1 amide bonds. The van der Waals surface area contributed by atoms with Crippen LogP contribution in [0.2, 0.25) is 0 Å². The lowest BCUT2D eigenvalue weighted by molar-refractivity contribution is -0.123. The highest BCUT2D eigenvalue weighted by molar-refractivity contribution is 5.95. The van der Waals surface area contributed by atoms with Gasteiger partial charge >= 0.3 is 0 Å². The van der Waals surface area contributed by atoms with E-state index in [9.17, 15) is 4.79 Å². The van der Waals surface area contributed by atoms with Crippen LogP contribution in [0, 0.1) is 12.3 Å². The molecule has 0 atom stereocenters. The van der Waals surface area contributed by atoms with Crippen LogP contribution >= 0.6 is 0 Å². The first-order valence-electron chi connectivity index (χ1n) is 7.61. The molecule has 0 aromatic heterocycles. The van der Waals surface area contributed by atoms with E-state index in [0.717, 1.165) is 42.7 Å². The second-order valence-corrected chi connectivity index (χ2v) is 6.44. The molecule has 118 valence electrons. The predicted octanol–water partition coefficient (Wildman–Crippen LogP) is 3.55. The fourth-order valence-electron chi connectivity index (χ4n) is 1.85. The van der Waals surface area contributed by atoms with E-state index in [2.05, 4.69) is 10.6 Å². The van der Waals surface area contributed by atoms with Crippen molar-refractivity contribution < 1.29 is 9.90 Å². The van der Waals surface area contributed by atoms with Crippen molar-refractivity contribution in [2.24, 2.45) is 5.41 Å². The summed E-state index contributed by atoms with van der Waals surface area (Å²) in [6, 6.07) is 5.91. The Morgan fingerprint density at radius 1 is 1.19 bits per heavy atom. The Hall–Kier alpha value is -1.55. The number of aliphatic hydroxyl groups excluding tert-OH is 1. The normalized spacial score (nSPS) is 11.3. The molecule has 0 spiro atoms. The predicted molar refractivity (Wildman–Crippen MR) is 88.7 cm³/mol. The monoisotopic (exact) mass is 292 g/mol. The van der Waals surface area contributed by atoms with E-state index in [1.165, 1.54) is 0 Å². The molecule has 0 radical (unpaired) electrons. The maximum absolute atomic E-state index is 12.0. The summed E-state index contributed by atoms with van der Waals surface area (Å²) in [6.07, 6.45) is 2.89. The van der Waals surface area contributed by atoms with Gasteiger partial charge in [-0.05, 0) is 43.9 Å². The summed E-state index contributed by atoms with van der Waals surface area (Å²) >= 11 is 0. The number of amides is 1. The average molecular weight is 292 g/mol. The van der Waals surface area contributed by atoms with Crippen molar-refractivity contribution in [3.8, 4) is 0 Å². The molecule has 4 nitrogen and oxygen atoms in total. The van der Waals surface area contributed by atoms with Crippen molar-refractivity contribution >= 4 is 17.3 Å². The molecule has 3 N–H and O–H groups in total. The minimum atomic E-state index is -0.400. The lowest BCUT2D eigenvalue weighted by atomic mass is 9.95. The number of aliphatic hydroxyl groups is 1. The molecule has 0 aliphatic heterocycles.